The zero-order valence-corrected chi connectivity index (χ0v) is 13.5. The van der Waals surface area contributed by atoms with E-state index < -0.39 is 12.1 Å². The van der Waals surface area contributed by atoms with Crippen LogP contribution >= 0.6 is 0 Å². The highest BCUT2D eigenvalue weighted by Gasteiger charge is 2.46. The standard InChI is InChI=1S/C16H29F3N2/c1-4-20-14-13(8-5-9-15(14,2)3)21-10-6-7-12(11-21)16(17,18)19/h12-14,20H,4-11H2,1-3H3. The molecular weight excluding hydrogens is 277 g/mol. The fourth-order valence-electron chi connectivity index (χ4n) is 4.21. The van der Waals surface area contributed by atoms with Crippen molar-refractivity contribution >= 4 is 0 Å². The quantitative estimate of drug-likeness (QED) is 0.853. The van der Waals surface area contributed by atoms with Gasteiger partial charge in [-0.1, -0.05) is 27.2 Å². The SMILES string of the molecule is CCNC1C(N2CCCC(C(F)(F)F)C2)CCCC1(C)C. The molecule has 21 heavy (non-hydrogen) atoms. The Balaban J connectivity index is 2.10. The maximum Gasteiger partial charge on any atom is 0.393 e. The van der Waals surface area contributed by atoms with Crippen LogP contribution in [-0.4, -0.2) is 42.8 Å². The molecule has 0 spiro atoms. The van der Waals surface area contributed by atoms with Crippen LogP contribution in [0.15, 0.2) is 0 Å². The van der Waals surface area contributed by atoms with Gasteiger partial charge in [-0.3, -0.25) is 4.90 Å². The third kappa shape index (κ3) is 3.92. The third-order valence-corrected chi connectivity index (χ3v) is 5.36. The van der Waals surface area contributed by atoms with E-state index in [1.807, 2.05) is 0 Å². The van der Waals surface area contributed by atoms with Crippen molar-refractivity contribution in [2.24, 2.45) is 11.3 Å². The predicted molar refractivity (Wildman–Crippen MR) is 79.2 cm³/mol. The van der Waals surface area contributed by atoms with Crippen LogP contribution in [0.5, 0.6) is 0 Å². The number of hydrogen-bond donors (Lipinski definition) is 1. The second kappa shape index (κ2) is 6.45. The Kier molecular flexibility index (Phi) is 5.24. The molecule has 1 aliphatic heterocycles. The Morgan fingerprint density at radius 3 is 2.52 bits per heavy atom. The summed E-state index contributed by atoms with van der Waals surface area (Å²) in [5, 5.41) is 3.55. The molecule has 2 aliphatic rings. The first-order valence-electron chi connectivity index (χ1n) is 8.30. The first-order valence-corrected chi connectivity index (χ1v) is 8.30. The number of rotatable bonds is 3. The van der Waals surface area contributed by atoms with Gasteiger partial charge in [-0.05, 0) is 44.2 Å². The zero-order chi connectivity index (χ0) is 15.7. The molecule has 1 heterocycles. The second-order valence-corrected chi connectivity index (χ2v) is 7.36. The minimum atomic E-state index is -4.05. The van der Waals surface area contributed by atoms with Crippen molar-refractivity contribution in [2.45, 2.75) is 71.1 Å². The molecule has 3 unspecified atom stereocenters. The molecule has 1 saturated carbocycles. The molecule has 0 aromatic heterocycles. The van der Waals surface area contributed by atoms with Crippen LogP contribution in [0.25, 0.3) is 0 Å². The lowest BCUT2D eigenvalue weighted by Gasteiger charge is -2.50. The minimum Gasteiger partial charge on any atom is -0.312 e. The molecule has 2 rings (SSSR count). The number of piperidine rings is 1. The molecule has 1 saturated heterocycles. The van der Waals surface area contributed by atoms with E-state index in [2.05, 4.69) is 31.0 Å². The highest BCUT2D eigenvalue weighted by atomic mass is 19.4. The molecule has 5 heteroatoms. The number of likely N-dealkylation sites (tertiary alicyclic amines) is 1. The van der Waals surface area contributed by atoms with Crippen molar-refractivity contribution in [3.05, 3.63) is 0 Å². The van der Waals surface area contributed by atoms with Gasteiger partial charge in [0.2, 0.25) is 0 Å². The van der Waals surface area contributed by atoms with Gasteiger partial charge in [0.15, 0.2) is 0 Å². The monoisotopic (exact) mass is 306 g/mol. The van der Waals surface area contributed by atoms with Gasteiger partial charge in [-0.15, -0.1) is 0 Å². The van der Waals surface area contributed by atoms with Crippen LogP contribution in [0.4, 0.5) is 13.2 Å². The van der Waals surface area contributed by atoms with Crippen molar-refractivity contribution in [1.29, 1.82) is 0 Å². The maximum absolute atomic E-state index is 13.0. The summed E-state index contributed by atoms with van der Waals surface area (Å²) in [5.74, 6) is -1.14. The number of halogens is 3. The number of hydrogen-bond acceptors (Lipinski definition) is 2. The average molecular weight is 306 g/mol. The molecule has 124 valence electrons. The normalized spacial score (nSPS) is 34.9. The molecular formula is C16H29F3N2. The van der Waals surface area contributed by atoms with Crippen LogP contribution in [-0.2, 0) is 0 Å². The molecule has 0 aromatic rings. The summed E-state index contributed by atoms with van der Waals surface area (Å²) in [4.78, 5) is 2.12. The molecule has 0 radical (unpaired) electrons. The lowest BCUT2D eigenvalue weighted by molar-refractivity contribution is -0.190. The molecule has 2 nitrogen and oxygen atoms in total. The number of likely N-dealkylation sites (N-methyl/N-ethyl adjacent to an activating group) is 1. The minimum absolute atomic E-state index is 0.157. The third-order valence-electron chi connectivity index (χ3n) is 5.36. The molecule has 3 atom stereocenters. The summed E-state index contributed by atoms with van der Waals surface area (Å²) in [5.41, 5.74) is 0.157. The van der Waals surface area contributed by atoms with Crippen molar-refractivity contribution in [3.63, 3.8) is 0 Å². The van der Waals surface area contributed by atoms with Gasteiger partial charge in [-0.2, -0.15) is 13.2 Å². The number of alkyl halides is 3. The van der Waals surface area contributed by atoms with E-state index in [0.717, 1.165) is 32.4 Å². The highest BCUT2D eigenvalue weighted by Crippen LogP contribution is 2.40. The van der Waals surface area contributed by atoms with E-state index in [-0.39, 0.29) is 18.0 Å². The second-order valence-electron chi connectivity index (χ2n) is 7.36. The van der Waals surface area contributed by atoms with E-state index in [1.54, 1.807) is 0 Å². The van der Waals surface area contributed by atoms with Crippen molar-refractivity contribution in [1.82, 2.24) is 10.2 Å². The predicted octanol–water partition coefficient (Wildman–Crippen LogP) is 3.82. The smallest absolute Gasteiger partial charge is 0.312 e. The average Bonchev–Trinajstić information content (AvgIpc) is 2.40. The van der Waals surface area contributed by atoms with E-state index in [0.29, 0.717) is 18.9 Å². The lowest BCUT2D eigenvalue weighted by atomic mass is 9.70. The largest absolute Gasteiger partial charge is 0.393 e. The summed E-state index contributed by atoms with van der Waals surface area (Å²) in [7, 11) is 0. The molecule has 0 bridgehead atoms. The summed E-state index contributed by atoms with van der Waals surface area (Å²) < 4.78 is 39.1. The molecule has 1 aliphatic carbocycles. The maximum atomic E-state index is 13.0. The van der Waals surface area contributed by atoms with Gasteiger partial charge < -0.3 is 5.32 Å². The van der Waals surface area contributed by atoms with E-state index in [9.17, 15) is 13.2 Å². The fourth-order valence-corrected chi connectivity index (χ4v) is 4.21. The van der Waals surface area contributed by atoms with Crippen molar-refractivity contribution in [3.8, 4) is 0 Å². The van der Waals surface area contributed by atoms with Crippen LogP contribution in [0, 0.1) is 11.3 Å². The summed E-state index contributed by atoms with van der Waals surface area (Å²) >= 11 is 0. The molecule has 2 fully saturated rings. The Morgan fingerprint density at radius 2 is 1.90 bits per heavy atom. The van der Waals surface area contributed by atoms with E-state index in [4.69, 9.17) is 0 Å². The molecule has 0 aromatic carbocycles. The van der Waals surface area contributed by atoms with Crippen molar-refractivity contribution < 1.29 is 13.2 Å². The Morgan fingerprint density at radius 1 is 1.19 bits per heavy atom. The topological polar surface area (TPSA) is 15.3 Å². The summed E-state index contributed by atoms with van der Waals surface area (Å²) in [6, 6.07) is 0.544. The first-order chi connectivity index (χ1) is 9.75. The van der Waals surface area contributed by atoms with Crippen molar-refractivity contribution in [2.75, 3.05) is 19.6 Å². The fraction of sp³-hybridized carbons (Fsp3) is 1.00. The number of nitrogens with zero attached hydrogens (tertiary/aromatic N) is 1. The summed E-state index contributed by atoms with van der Waals surface area (Å²) in [6.45, 7) is 8.45. The van der Waals surface area contributed by atoms with E-state index >= 15 is 0 Å². The first kappa shape index (κ1) is 17.1. The van der Waals surface area contributed by atoms with Crippen LogP contribution in [0.3, 0.4) is 0 Å². The van der Waals surface area contributed by atoms with Crippen LogP contribution < -0.4 is 5.32 Å². The summed E-state index contributed by atoms with van der Waals surface area (Å²) in [6.07, 6.45) is 0.203. The Hall–Kier alpha value is -0.290. The lowest BCUT2D eigenvalue weighted by Crippen LogP contribution is -2.61. The molecule has 1 N–H and O–H groups in total. The van der Waals surface area contributed by atoms with Gasteiger partial charge in [0, 0.05) is 18.6 Å². The van der Waals surface area contributed by atoms with Gasteiger partial charge in [0.25, 0.3) is 0 Å². The van der Waals surface area contributed by atoms with E-state index in [1.165, 1.54) is 0 Å². The Labute approximate surface area is 126 Å². The van der Waals surface area contributed by atoms with Crippen LogP contribution in [0.2, 0.25) is 0 Å². The Bertz CT molecular complexity index is 341. The molecule has 0 amide bonds. The number of nitrogens with one attached hydrogen (secondary N) is 1. The van der Waals surface area contributed by atoms with Gasteiger partial charge in [0.1, 0.15) is 0 Å². The van der Waals surface area contributed by atoms with Crippen LogP contribution in [0.1, 0.15) is 52.9 Å². The van der Waals surface area contributed by atoms with Gasteiger partial charge in [0.05, 0.1) is 5.92 Å². The highest BCUT2D eigenvalue weighted by molar-refractivity contribution is 4.99. The van der Waals surface area contributed by atoms with Gasteiger partial charge >= 0.3 is 6.18 Å². The van der Waals surface area contributed by atoms with Gasteiger partial charge in [-0.25, -0.2) is 0 Å². The zero-order valence-electron chi connectivity index (χ0n) is 13.5.